The molecule has 0 fully saturated rings. The smallest absolute Gasteiger partial charge is 0.267 e. The highest BCUT2D eigenvalue weighted by atomic mass is 32.2. The number of fused-ring (bicyclic) bond motifs is 1. The molecule has 1 aliphatic rings. The minimum atomic E-state index is -0.406. The van der Waals surface area contributed by atoms with E-state index in [1.807, 2.05) is 53.1 Å². The Morgan fingerprint density at radius 1 is 1.03 bits per heavy atom. The maximum atomic E-state index is 12.3. The molecular formula is C22H16N4O4S2. The third-order valence-corrected chi connectivity index (χ3v) is 6.41. The molecule has 160 valence electrons. The van der Waals surface area contributed by atoms with Gasteiger partial charge in [0.25, 0.3) is 5.91 Å². The molecule has 0 aliphatic carbocycles. The maximum Gasteiger partial charge on any atom is 0.267 e. The van der Waals surface area contributed by atoms with Gasteiger partial charge in [0.15, 0.2) is 22.5 Å². The van der Waals surface area contributed by atoms with Gasteiger partial charge in [0.05, 0.1) is 10.6 Å². The SMILES string of the molecule is O=C(CSc1nnc(-c2ccc3c(c2)OCO3)n1-c1ccccc1)NC(=O)c1cccs1. The van der Waals surface area contributed by atoms with Gasteiger partial charge in [-0.05, 0) is 41.8 Å². The maximum absolute atomic E-state index is 12.3. The predicted octanol–water partition coefficient (Wildman–Crippen LogP) is 3.77. The number of ether oxygens (including phenoxy) is 2. The molecule has 0 spiro atoms. The number of hydrogen-bond donors (Lipinski definition) is 1. The van der Waals surface area contributed by atoms with E-state index in [0.717, 1.165) is 11.3 Å². The number of thioether (sulfide) groups is 1. The third-order valence-electron chi connectivity index (χ3n) is 4.61. The zero-order valence-corrected chi connectivity index (χ0v) is 18.2. The molecule has 4 aromatic rings. The molecule has 1 aliphatic heterocycles. The van der Waals surface area contributed by atoms with E-state index in [4.69, 9.17) is 9.47 Å². The number of carbonyl (C=O) groups excluding carboxylic acids is 2. The van der Waals surface area contributed by atoms with Gasteiger partial charge in [0.2, 0.25) is 12.7 Å². The van der Waals surface area contributed by atoms with E-state index >= 15 is 0 Å². The van der Waals surface area contributed by atoms with Crippen LogP contribution in [0.5, 0.6) is 11.5 Å². The molecule has 2 amide bonds. The molecule has 5 rings (SSSR count). The largest absolute Gasteiger partial charge is 0.454 e. The van der Waals surface area contributed by atoms with Gasteiger partial charge in [-0.3, -0.25) is 19.5 Å². The van der Waals surface area contributed by atoms with Crippen LogP contribution in [-0.4, -0.2) is 39.1 Å². The summed E-state index contributed by atoms with van der Waals surface area (Å²) < 4.78 is 12.8. The molecule has 2 aromatic heterocycles. The van der Waals surface area contributed by atoms with Crippen molar-refractivity contribution in [3.05, 3.63) is 70.9 Å². The van der Waals surface area contributed by atoms with Gasteiger partial charge < -0.3 is 9.47 Å². The van der Waals surface area contributed by atoms with Crippen LogP contribution in [0.4, 0.5) is 0 Å². The minimum Gasteiger partial charge on any atom is -0.454 e. The lowest BCUT2D eigenvalue weighted by Crippen LogP contribution is -2.31. The first kappa shape index (κ1) is 20.3. The second-order valence-corrected chi connectivity index (χ2v) is 8.58. The molecule has 3 heterocycles. The number of hydrogen-bond acceptors (Lipinski definition) is 8. The number of para-hydroxylation sites is 1. The second-order valence-electron chi connectivity index (χ2n) is 6.69. The van der Waals surface area contributed by atoms with Gasteiger partial charge in [-0.2, -0.15) is 0 Å². The summed E-state index contributed by atoms with van der Waals surface area (Å²) in [7, 11) is 0. The summed E-state index contributed by atoms with van der Waals surface area (Å²) in [5, 5.41) is 13.4. The first-order valence-electron chi connectivity index (χ1n) is 9.60. The second kappa shape index (κ2) is 8.85. The standard InChI is InChI=1S/C22H16N4O4S2/c27-19(23-21(28)18-7-4-10-31-18)12-32-22-25-24-20(26(22)15-5-2-1-3-6-15)14-8-9-16-17(11-14)30-13-29-16/h1-11H,12-13H2,(H,23,27,28). The summed E-state index contributed by atoms with van der Waals surface area (Å²) in [4.78, 5) is 24.9. The van der Waals surface area contributed by atoms with Crippen LogP contribution >= 0.6 is 23.1 Å². The highest BCUT2D eigenvalue weighted by Gasteiger charge is 2.21. The number of imide groups is 1. The Hall–Kier alpha value is -3.63. The zero-order valence-electron chi connectivity index (χ0n) is 16.6. The van der Waals surface area contributed by atoms with Crippen molar-refractivity contribution < 1.29 is 19.1 Å². The quantitative estimate of drug-likeness (QED) is 0.434. The highest BCUT2D eigenvalue weighted by Crippen LogP contribution is 2.37. The van der Waals surface area contributed by atoms with Crippen molar-refractivity contribution in [1.82, 2.24) is 20.1 Å². The number of carbonyl (C=O) groups is 2. The van der Waals surface area contributed by atoms with Crippen LogP contribution in [0.15, 0.2) is 71.2 Å². The minimum absolute atomic E-state index is 0.0171. The summed E-state index contributed by atoms with van der Waals surface area (Å²) in [6.45, 7) is 0.185. The molecule has 1 N–H and O–H groups in total. The number of nitrogens with one attached hydrogen (secondary N) is 1. The predicted molar refractivity (Wildman–Crippen MR) is 120 cm³/mol. The number of rotatable bonds is 6. The fourth-order valence-electron chi connectivity index (χ4n) is 3.16. The van der Waals surface area contributed by atoms with Crippen LogP contribution in [0.25, 0.3) is 17.1 Å². The van der Waals surface area contributed by atoms with Crippen LogP contribution in [0, 0.1) is 0 Å². The number of aromatic nitrogens is 3. The van der Waals surface area contributed by atoms with Gasteiger partial charge in [-0.15, -0.1) is 21.5 Å². The Kier molecular flexibility index (Phi) is 5.61. The molecule has 0 radical (unpaired) electrons. The monoisotopic (exact) mass is 464 g/mol. The third kappa shape index (κ3) is 4.10. The average molecular weight is 465 g/mol. The molecule has 10 heteroatoms. The lowest BCUT2D eigenvalue weighted by Gasteiger charge is -2.10. The Bertz CT molecular complexity index is 1270. The summed E-state index contributed by atoms with van der Waals surface area (Å²) in [6, 6.07) is 18.6. The van der Waals surface area contributed by atoms with Crippen LogP contribution in [-0.2, 0) is 4.79 Å². The van der Waals surface area contributed by atoms with Gasteiger partial charge in [-0.25, -0.2) is 0 Å². The summed E-state index contributed by atoms with van der Waals surface area (Å²) in [6.07, 6.45) is 0. The Balaban J connectivity index is 1.40. The summed E-state index contributed by atoms with van der Waals surface area (Å²) in [5.41, 5.74) is 1.65. The van der Waals surface area contributed by atoms with E-state index in [2.05, 4.69) is 15.5 Å². The number of thiophene rings is 1. The van der Waals surface area contributed by atoms with Crippen LogP contribution in [0.2, 0.25) is 0 Å². The van der Waals surface area contributed by atoms with Crippen LogP contribution in [0.3, 0.4) is 0 Å². The van der Waals surface area contributed by atoms with E-state index in [0.29, 0.717) is 27.4 Å². The van der Waals surface area contributed by atoms with Gasteiger partial charge in [-0.1, -0.05) is 36.0 Å². The number of nitrogens with zero attached hydrogens (tertiary/aromatic N) is 3. The highest BCUT2D eigenvalue weighted by molar-refractivity contribution is 7.99. The Morgan fingerprint density at radius 2 is 1.88 bits per heavy atom. The lowest BCUT2D eigenvalue weighted by molar-refractivity contribution is -0.117. The molecule has 0 unspecified atom stereocenters. The Labute approximate surface area is 191 Å². The van der Waals surface area contributed by atoms with Gasteiger partial charge in [0.1, 0.15) is 0 Å². The first-order chi connectivity index (χ1) is 15.7. The van der Waals surface area contributed by atoms with Crippen molar-refractivity contribution >= 4 is 34.9 Å². The van der Waals surface area contributed by atoms with Gasteiger partial charge >= 0.3 is 0 Å². The van der Waals surface area contributed by atoms with Gasteiger partial charge in [0, 0.05) is 11.3 Å². The average Bonchev–Trinajstić information content (AvgIpc) is 3.58. The van der Waals surface area contributed by atoms with Crippen molar-refractivity contribution in [2.45, 2.75) is 5.16 Å². The van der Waals surface area contributed by atoms with Crippen molar-refractivity contribution in [2.24, 2.45) is 0 Å². The molecular weight excluding hydrogens is 448 g/mol. The summed E-state index contributed by atoms with van der Waals surface area (Å²) >= 11 is 2.48. The normalized spacial score (nSPS) is 12.0. The van der Waals surface area contributed by atoms with E-state index in [1.165, 1.54) is 23.1 Å². The fraction of sp³-hybridized carbons (Fsp3) is 0.0909. The molecule has 2 aromatic carbocycles. The zero-order chi connectivity index (χ0) is 21.9. The van der Waals surface area contributed by atoms with Crippen molar-refractivity contribution in [3.8, 4) is 28.6 Å². The van der Waals surface area contributed by atoms with Crippen molar-refractivity contribution in [3.63, 3.8) is 0 Å². The number of amides is 2. The first-order valence-corrected chi connectivity index (χ1v) is 11.5. The topological polar surface area (TPSA) is 95.3 Å². The van der Waals surface area contributed by atoms with E-state index < -0.39 is 11.8 Å². The lowest BCUT2D eigenvalue weighted by atomic mass is 10.2. The van der Waals surface area contributed by atoms with Crippen molar-refractivity contribution in [2.75, 3.05) is 12.5 Å². The molecule has 0 bridgehead atoms. The van der Waals surface area contributed by atoms with Crippen molar-refractivity contribution in [1.29, 1.82) is 0 Å². The molecule has 0 atom stereocenters. The van der Waals surface area contributed by atoms with Crippen LogP contribution < -0.4 is 14.8 Å². The molecule has 32 heavy (non-hydrogen) atoms. The van der Waals surface area contributed by atoms with E-state index in [9.17, 15) is 9.59 Å². The molecule has 8 nitrogen and oxygen atoms in total. The Morgan fingerprint density at radius 3 is 2.69 bits per heavy atom. The summed E-state index contributed by atoms with van der Waals surface area (Å²) in [5.74, 6) is 1.14. The molecule has 0 saturated carbocycles. The van der Waals surface area contributed by atoms with E-state index in [-0.39, 0.29) is 12.5 Å². The number of benzene rings is 2. The molecule has 0 saturated heterocycles. The van der Waals surface area contributed by atoms with E-state index in [1.54, 1.807) is 17.5 Å². The fourth-order valence-corrected chi connectivity index (χ4v) is 4.53. The van der Waals surface area contributed by atoms with Crippen LogP contribution in [0.1, 0.15) is 9.67 Å².